The van der Waals surface area contributed by atoms with Crippen LogP contribution in [0, 0.1) is 25.2 Å². The summed E-state index contributed by atoms with van der Waals surface area (Å²) in [6, 6.07) is 6.14. The Bertz CT molecular complexity index is 531. The van der Waals surface area contributed by atoms with Crippen molar-refractivity contribution in [3.63, 3.8) is 0 Å². The number of hydrogen-bond donors (Lipinski definition) is 0. The lowest BCUT2D eigenvalue weighted by Crippen LogP contribution is -1.88. The van der Waals surface area contributed by atoms with Crippen LogP contribution in [0.5, 0.6) is 0 Å². The summed E-state index contributed by atoms with van der Waals surface area (Å²) in [5.41, 5.74) is 3.91. The van der Waals surface area contributed by atoms with Crippen molar-refractivity contribution in [1.29, 1.82) is 5.26 Å². The molecule has 16 heavy (non-hydrogen) atoms. The summed E-state index contributed by atoms with van der Waals surface area (Å²) in [5.74, 6) is 0. The summed E-state index contributed by atoms with van der Waals surface area (Å²) in [7, 11) is 0. The molecule has 0 spiro atoms. The number of hydrogen-bond acceptors (Lipinski definition) is 4. The van der Waals surface area contributed by atoms with Gasteiger partial charge in [0.05, 0.1) is 18.2 Å². The summed E-state index contributed by atoms with van der Waals surface area (Å²) in [4.78, 5) is 8.75. The molecule has 2 heterocycles. The molecule has 4 heteroatoms. The van der Waals surface area contributed by atoms with Crippen molar-refractivity contribution in [2.75, 3.05) is 0 Å². The maximum atomic E-state index is 8.59. The maximum Gasteiger partial charge on any atom is 0.123 e. The Morgan fingerprint density at radius 1 is 1.25 bits per heavy atom. The molecule has 2 rings (SSSR count). The number of aromatic nitrogens is 2. The first-order chi connectivity index (χ1) is 7.69. The van der Waals surface area contributed by atoms with Crippen molar-refractivity contribution >= 4 is 11.3 Å². The van der Waals surface area contributed by atoms with Crippen LogP contribution in [0.25, 0.3) is 10.6 Å². The van der Waals surface area contributed by atoms with Gasteiger partial charge >= 0.3 is 0 Å². The third kappa shape index (κ3) is 2.26. The molecule has 0 bridgehead atoms. The lowest BCUT2D eigenvalue weighted by atomic mass is 10.2. The zero-order valence-corrected chi connectivity index (χ0v) is 10.0. The molecule has 0 aliphatic carbocycles. The van der Waals surface area contributed by atoms with E-state index in [0.29, 0.717) is 6.42 Å². The van der Waals surface area contributed by atoms with Crippen molar-refractivity contribution in [3.8, 4) is 16.6 Å². The Labute approximate surface area is 98.4 Å². The van der Waals surface area contributed by atoms with Crippen LogP contribution >= 0.6 is 11.3 Å². The van der Waals surface area contributed by atoms with Gasteiger partial charge in [-0.25, -0.2) is 4.98 Å². The fourth-order valence-electron chi connectivity index (χ4n) is 1.56. The maximum absolute atomic E-state index is 8.59. The minimum Gasteiger partial charge on any atom is -0.258 e. The van der Waals surface area contributed by atoms with Gasteiger partial charge in [0.1, 0.15) is 5.01 Å². The van der Waals surface area contributed by atoms with Crippen LogP contribution in [0.15, 0.2) is 17.5 Å². The van der Waals surface area contributed by atoms with Gasteiger partial charge < -0.3 is 0 Å². The smallest absolute Gasteiger partial charge is 0.123 e. The van der Waals surface area contributed by atoms with E-state index >= 15 is 0 Å². The van der Waals surface area contributed by atoms with E-state index in [1.165, 1.54) is 0 Å². The van der Waals surface area contributed by atoms with Gasteiger partial charge in [0.2, 0.25) is 0 Å². The molecule has 0 saturated carbocycles. The van der Waals surface area contributed by atoms with Crippen molar-refractivity contribution in [2.24, 2.45) is 0 Å². The average molecular weight is 229 g/mol. The number of pyridine rings is 1. The molecular weight excluding hydrogens is 218 g/mol. The Hall–Kier alpha value is -1.73. The van der Waals surface area contributed by atoms with Crippen molar-refractivity contribution < 1.29 is 0 Å². The Morgan fingerprint density at radius 2 is 1.94 bits per heavy atom. The zero-order chi connectivity index (χ0) is 11.5. The van der Waals surface area contributed by atoms with Crippen LogP contribution in [-0.4, -0.2) is 9.97 Å². The monoisotopic (exact) mass is 229 g/mol. The molecule has 0 N–H and O–H groups in total. The Morgan fingerprint density at radius 3 is 2.56 bits per heavy atom. The quantitative estimate of drug-likeness (QED) is 0.795. The largest absolute Gasteiger partial charge is 0.258 e. The van der Waals surface area contributed by atoms with Gasteiger partial charge in [0, 0.05) is 22.3 Å². The second kappa shape index (κ2) is 4.42. The minimum atomic E-state index is 0.375. The van der Waals surface area contributed by atoms with E-state index in [0.717, 1.165) is 27.7 Å². The number of nitriles is 1. The van der Waals surface area contributed by atoms with Gasteiger partial charge in [0.15, 0.2) is 0 Å². The lowest BCUT2D eigenvalue weighted by Gasteiger charge is -2.00. The highest BCUT2D eigenvalue weighted by atomic mass is 32.1. The van der Waals surface area contributed by atoms with Crippen molar-refractivity contribution in [1.82, 2.24) is 9.97 Å². The van der Waals surface area contributed by atoms with Crippen LogP contribution in [-0.2, 0) is 6.42 Å². The first kappa shape index (κ1) is 10.8. The van der Waals surface area contributed by atoms with Crippen LogP contribution in [0.1, 0.15) is 17.1 Å². The normalized spacial score (nSPS) is 10.1. The van der Waals surface area contributed by atoms with E-state index in [4.69, 9.17) is 5.26 Å². The minimum absolute atomic E-state index is 0.375. The highest BCUT2D eigenvalue weighted by Gasteiger charge is 2.05. The van der Waals surface area contributed by atoms with E-state index in [2.05, 4.69) is 16.0 Å². The predicted molar refractivity (Wildman–Crippen MR) is 64.1 cm³/mol. The number of nitrogens with zero attached hydrogens (tertiary/aromatic N) is 3. The van der Waals surface area contributed by atoms with Crippen LogP contribution in [0.2, 0.25) is 0 Å². The van der Waals surface area contributed by atoms with E-state index in [1.54, 1.807) is 11.3 Å². The summed E-state index contributed by atoms with van der Waals surface area (Å²) in [6.45, 7) is 3.95. The average Bonchev–Trinajstić information content (AvgIpc) is 2.65. The van der Waals surface area contributed by atoms with E-state index in [1.807, 2.05) is 31.4 Å². The number of aryl methyl sites for hydroxylation is 2. The van der Waals surface area contributed by atoms with Crippen LogP contribution in [0.3, 0.4) is 0 Å². The topological polar surface area (TPSA) is 49.6 Å². The number of thiazole rings is 1. The lowest BCUT2D eigenvalue weighted by molar-refractivity contribution is 1.12. The van der Waals surface area contributed by atoms with Gasteiger partial charge in [-0.05, 0) is 26.0 Å². The molecule has 0 aliphatic rings. The van der Waals surface area contributed by atoms with E-state index in [9.17, 15) is 0 Å². The third-order valence-corrected chi connectivity index (χ3v) is 3.08. The SMILES string of the molecule is Cc1cc(-c2nc(CC#N)cs2)cc(C)n1. The molecule has 80 valence electrons. The predicted octanol–water partition coefficient (Wildman–Crippen LogP) is 2.89. The molecule has 0 radical (unpaired) electrons. The Balaban J connectivity index is 2.39. The molecular formula is C12H11N3S. The van der Waals surface area contributed by atoms with E-state index < -0.39 is 0 Å². The third-order valence-electron chi connectivity index (χ3n) is 2.14. The number of rotatable bonds is 2. The molecule has 0 fully saturated rings. The molecule has 2 aromatic heterocycles. The van der Waals surface area contributed by atoms with Gasteiger partial charge in [-0.3, -0.25) is 4.98 Å². The highest BCUT2D eigenvalue weighted by Crippen LogP contribution is 2.24. The summed E-state index contributed by atoms with van der Waals surface area (Å²) < 4.78 is 0. The Kier molecular flexibility index (Phi) is 2.97. The molecule has 0 saturated heterocycles. The summed E-state index contributed by atoms with van der Waals surface area (Å²) in [5, 5.41) is 11.5. The first-order valence-electron chi connectivity index (χ1n) is 4.96. The highest BCUT2D eigenvalue weighted by molar-refractivity contribution is 7.13. The molecule has 3 nitrogen and oxygen atoms in total. The summed E-state index contributed by atoms with van der Waals surface area (Å²) >= 11 is 1.57. The van der Waals surface area contributed by atoms with Gasteiger partial charge in [-0.2, -0.15) is 5.26 Å². The molecule has 2 aromatic rings. The van der Waals surface area contributed by atoms with Crippen LogP contribution in [0.4, 0.5) is 0 Å². The second-order valence-corrected chi connectivity index (χ2v) is 4.48. The standard InChI is InChI=1S/C12H11N3S/c1-8-5-10(6-9(2)14-8)12-15-11(3-4-13)7-16-12/h5-7H,3H2,1-2H3. The van der Waals surface area contributed by atoms with Crippen LogP contribution < -0.4 is 0 Å². The van der Waals surface area contributed by atoms with Gasteiger partial charge in [-0.1, -0.05) is 0 Å². The fourth-order valence-corrected chi connectivity index (χ4v) is 2.37. The first-order valence-corrected chi connectivity index (χ1v) is 5.84. The van der Waals surface area contributed by atoms with Gasteiger partial charge in [0.25, 0.3) is 0 Å². The second-order valence-electron chi connectivity index (χ2n) is 3.62. The molecule has 0 amide bonds. The molecule has 0 aromatic carbocycles. The molecule has 0 aliphatic heterocycles. The van der Waals surface area contributed by atoms with Crippen molar-refractivity contribution in [2.45, 2.75) is 20.3 Å². The fraction of sp³-hybridized carbons (Fsp3) is 0.250. The van der Waals surface area contributed by atoms with E-state index in [-0.39, 0.29) is 0 Å². The molecule has 0 atom stereocenters. The van der Waals surface area contributed by atoms with Crippen molar-refractivity contribution in [3.05, 3.63) is 34.6 Å². The molecule has 0 unspecified atom stereocenters. The zero-order valence-electron chi connectivity index (χ0n) is 9.19. The van der Waals surface area contributed by atoms with Gasteiger partial charge in [-0.15, -0.1) is 11.3 Å². The summed E-state index contributed by atoms with van der Waals surface area (Å²) in [6.07, 6.45) is 0.375.